The molecule has 0 fully saturated rings. The van der Waals surface area contributed by atoms with Crippen molar-refractivity contribution < 1.29 is 4.39 Å². The predicted molar refractivity (Wildman–Crippen MR) is 56.3 cm³/mol. The van der Waals surface area contributed by atoms with Crippen LogP contribution in [0.15, 0.2) is 18.2 Å². The Hall–Kier alpha value is -0.160. The Bertz CT molecular complexity index is 291. The van der Waals surface area contributed by atoms with Crippen LogP contribution in [0.4, 0.5) is 4.39 Å². The summed E-state index contributed by atoms with van der Waals surface area (Å²) >= 11 is 1.95. The van der Waals surface area contributed by atoms with Crippen LogP contribution in [0.5, 0.6) is 0 Å². The molecule has 0 heterocycles. The predicted octanol–water partition coefficient (Wildman–Crippen LogP) is 2.62. The normalized spacial score (nSPS) is 11.8. The molecule has 2 N–H and O–H groups in total. The van der Waals surface area contributed by atoms with Crippen LogP contribution in [0.3, 0.4) is 0 Å². The standard InChI is InChI=1S/C9H11FIN/c1-9(2,12)6-3-4-8(11)7(10)5-6/h3-5H,12H2,1-2H3. The first-order chi connectivity index (χ1) is 5.41. The highest BCUT2D eigenvalue weighted by Gasteiger charge is 2.14. The maximum atomic E-state index is 13.0. The van der Waals surface area contributed by atoms with E-state index in [0.717, 1.165) is 5.56 Å². The van der Waals surface area contributed by atoms with Gasteiger partial charge in [-0.3, -0.25) is 0 Å². The van der Waals surface area contributed by atoms with Crippen molar-refractivity contribution in [1.82, 2.24) is 0 Å². The average molecular weight is 279 g/mol. The first-order valence-corrected chi connectivity index (χ1v) is 4.73. The highest BCUT2D eigenvalue weighted by Crippen LogP contribution is 2.20. The molecule has 0 saturated carbocycles. The van der Waals surface area contributed by atoms with Crippen molar-refractivity contribution in [1.29, 1.82) is 0 Å². The second kappa shape index (κ2) is 3.30. The summed E-state index contributed by atoms with van der Waals surface area (Å²) in [5.74, 6) is -0.202. The quantitative estimate of drug-likeness (QED) is 0.786. The molecule has 66 valence electrons. The molecule has 0 aliphatic rings. The Morgan fingerprint density at radius 1 is 1.42 bits per heavy atom. The molecule has 0 unspecified atom stereocenters. The monoisotopic (exact) mass is 279 g/mol. The van der Waals surface area contributed by atoms with Crippen molar-refractivity contribution >= 4 is 22.6 Å². The summed E-state index contributed by atoms with van der Waals surface area (Å²) in [6.45, 7) is 3.71. The minimum atomic E-state index is -0.467. The molecule has 0 aliphatic heterocycles. The van der Waals surface area contributed by atoms with Gasteiger partial charge in [0.1, 0.15) is 5.82 Å². The molecule has 0 spiro atoms. The Labute approximate surface area is 85.3 Å². The molecule has 0 atom stereocenters. The largest absolute Gasteiger partial charge is 0.322 e. The van der Waals surface area contributed by atoms with E-state index < -0.39 is 5.54 Å². The molecule has 1 nitrogen and oxygen atoms in total. The second-order valence-electron chi connectivity index (χ2n) is 3.35. The van der Waals surface area contributed by atoms with Crippen molar-refractivity contribution in [2.24, 2.45) is 5.73 Å². The van der Waals surface area contributed by atoms with Crippen molar-refractivity contribution in [2.75, 3.05) is 0 Å². The van der Waals surface area contributed by atoms with E-state index in [1.54, 1.807) is 6.07 Å². The van der Waals surface area contributed by atoms with Crippen LogP contribution in [0.25, 0.3) is 0 Å². The number of hydrogen-bond donors (Lipinski definition) is 1. The summed E-state index contributed by atoms with van der Waals surface area (Å²) in [6.07, 6.45) is 0. The lowest BCUT2D eigenvalue weighted by molar-refractivity contribution is 0.542. The molecular weight excluding hydrogens is 268 g/mol. The topological polar surface area (TPSA) is 26.0 Å². The van der Waals surface area contributed by atoms with Crippen LogP contribution in [-0.4, -0.2) is 0 Å². The summed E-state index contributed by atoms with van der Waals surface area (Å²) in [7, 11) is 0. The van der Waals surface area contributed by atoms with Crippen LogP contribution in [0.1, 0.15) is 19.4 Å². The van der Waals surface area contributed by atoms with Crippen molar-refractivity contribution in [3.8, 4) is 0 Å². The van der Waals surface area contributed by atoms with Gasteiger partial charge < -0.3 is 5.73 Å². The van der Waals surface area contributed by atoms with Crippen LogP contribution in [0, 0.1) is 9.39 Å². The minimum absolute atomic E-state index is 0.202. The fourth-order valence-corrected chi connectivity index (χ4v) is 1.23. The van der Waals surface area contributed by atoms with E-state index in [2.05, 4.69) is 0 Å². The van der Waals surface area contributed by atoms with E-state index in [9.17, 15) is 4.39 Å². The van der Waals surface area contributed by atoms with Crippen LogP contribution in [0.2, 0.25) is 0 Å². The van der Waals surface area contributed by atoms with Crippen LogP contribution >= 0.6 is 22.6 Å². The van der Waals surface area contributed by atoms with E-state index in [-0.39, 0.29) is 5.82 Å². The smallest absolute Gasteiger partial charge is 0.136 e. The van der Waals surface area contributed by atoms with Gasteiger partial charge in [-0.15, -0.1) is 0 Å². The van der Waals surface area contributed by atoms with E-state index in [1.165, 1.54) is 6.07 Å². The number of hydrogen-bond acceptors (Lipinski definition) is 1. The molecule has 1 aromatic carbocycles. The lowest BCUT2D eigenvalue weighted by atomic mass is 9.96. The molecule has 12 heavy (non-hydrogen) atoms. The van der Waals surface area contributed by atoms with Gasteiger partial charge in [0.2, 0.25) is 0 Å². The number of rotatable bonds is 1. The third kappa shape index (κ3) is 2.17. The van der Waals surface area contributed by atoms with Crippen LogP contribution in [-0.2, 0) is 5.54 Å². The molecule has 0 radical (unpaired) electrons. The van der Waals surface area contributed by atoms with E-state index in [1.807, 2.05) is 42.5 Å². The lowest BCUT2D eigenvalue weighted by Gasteiger charge is -2.19. The average Bonchev–Trinajstić information content (AvgIpc) is 1.92. The van der Waals surface area contributed by atoms with Gasteiger partial charge in [0, 0.05) is 9.11 Å². The molecule has 1 aromatic rings. The van der Waals surface area contributed by atoms with Crippen molar-refractivity contribution in [3.05, 3.63) is 33.1 Å². The first kappa shape index (κ1) is 9.92. The molecule has 0 amide bonds. The fraction of sp³-hybridized carbons (Fsp3) is 0.333. The number of nitrogens with two attached hydrogens (primary N) is 1. The Morgan fingerprint density at radius 2 is 2.00 bits per heavy atom. The highest BCUT2D eigenvalue weighted by atomic mass is 127. The summed E-state index contributed by atoms with van der Waals surface area (Å²) in [4.78, 5) is 0. The first-order valence-electron chi connectivity index (χ1n) is 3.65. The minimum Gasteiger partial charge on any atom is -0.322 e. The van der Waals surface area contributed by atoms with E-state index in [4.69, 9.17) is 5.73 Å². The molecular formula is C9H11FIN. The molecule has 0 aliphatic carbocycles. The van der Waals surface area contributed by atoms with Gasteiger partial charge in [-0.25, -0.2) is 4.39 Å². The number of halogens is 2. The molecule has 0 saturated heterocycles. The van der Waals surface area contributed by atoms with Gasteiger partial charge in [0.05, 0.1) is 0 Å². The third-order valence-electron chi connectivity index (χ3n) is 1.66. The summed E-state index contributed by atoms with van der Waals surface area (Å²) in [5.41, 5.74) is 6.16. The van der Waals surface area contributed by atoms with Crippen molar-refractivity contribution in [2.45, 2.75) is 19.4 Å². The second-order valence-corrected chi connectivity index (χ2v) is 4.51. The van der Waals surface area contributed by atoms with Crippen LogP contribution < -0.4 is 5.73 Å². The number of benzene rings is 1. The van der Waals surface area contributed by atoms with Gasteiger partial charge in [-0.2, -0.15) is 0 Å². The van der Waals surface area contributed by atoms with Gasteiger partial charge >= 0.3 is 0 Å². The Balaban J connectivity index is 3.14. The van der Waals surface area contributed by atoms with Crippen molar-refractivity contribution in [3.63, 3.8) is 0 Å². The van der Waals surface area contributed by atoms with E-state index >= 15 is 0 Å². The van der Waals surface area contributed by atoms with Gasteiger partial charge in [0.25, 0.3) is 0 Å². The summed E-state index contributed by atoms with van der Waals surface area (Å²) in [5, 5.41) is 0. The SMILES string of the molecule is CC(C)(N)c1ccc(I)c(F)c1. The third-order valence-corrected chi connectivity index (χ3v) is 2.54. The highest BCUT2D eigenvalue weighted by molar-refractivity contribution is 14.1. The zero-order valence-electron chi connectivity index (χ0n) is 7.07. The molecule has 0 aromatic heterocycles. The summed E-state index contributed by atoms with van der Waals surface area (Å²) in [6, 6.07) is 5.08. The Morgan fingerprint density at radius 3 is 2.42 bits per heavy atom. The Kier molecular flexibility index (Phi) is 2.73. The summed E-state index contributed by atoms with van der Waals surface area (Å²) < 4.78 is 13.7. The zero-order valence-corrected chi connectivity index (χ0v) is 9.22. The fourth-order valence-electron chi connectivity index (χ4n) is 0.897. The van der Waals surface area contributed by atoms with E-state index in [0.29, 0.717) is 3.57 Å². The lowest BCUT2D eigenvalue weighted by Crippen LogP contribution is -2.28. The molecule has 0 bridgehead atoms. The van der Waals surface area contributed by atoms with Gasteiger partial charge in [-0.05, 0) is 54.1 Å². The zero-order chi connectivity index (χ0) is 9.35. The molecule has 1 rings (SSSR count). The van der Waals surface area contributed by atoms with Gasteiger partial charge in [-0.1, -0.05) is 6.07 Å². The maximum absolute atomic E-state index is 13.0. The molecule has 3 heteroatoms. The maximum Gasteiger partial charge on any atom is 0.136 e. The van der Waals surface area contributed by atoms with Gasteiger partial charge in [0.15, 0.2) is 0 Å².